The molecule has 0 spiro atoms. The highest BCUT2D eigenvalue weighted by atomic mass is 19.4. The van der Waals surface area contributed by atoms with E-state index in [0.29, 0.717) is 16.2 Å². The second kappa shape index (κ2) is 4.01. The quantitative estimate of drug-likeness (QED) is 0.833. The first-order chi connectivity index (χ1) is 8.29. The zero-order valence-electron chi connectivity index (χ0n) is 9.34. The number of hydrogen-bond donors (Lipinski definition) is 1. The van der Waals surface area contributed by atoms with E-state index < -0.39 is 12.1 Å². The summed E-state index contributed by atoms with van der Waals surface area (Å²) in [4.78, 5) is 22.7. The van der Waals surface area contributed by atoms with Crippen molar-refractivity contribution in [2.75, 3.05) is 17.3 Å². The summed E-state index contributed by atoms with van der Waals surface area (Å²) < 4.78 is 36.8. The lowest BCUT2D eigenvalue weighted by molar-refractivity contribution is -0.170. The number of rotatable bonds is 1. The summed E-state index contributed by atoms with van der Waals surface area (Å²) in [6.07, 6.45) is -4.81. The van der Waals surface area contributed by atoms with Crippen molar-refractivity contribution in [3.8, 4) is 0 Å². The standard InChI is InChI=1S/C11H9F3N2O2/c1-16(10(18)11(12,13)14)7-2-3-8-6(4-7)5-9(17)15-8/h2-4H,5H2,1H3,(H,15,17). The average molecular weight is 258 g/mol. The summed E-state index contributed by atoms with van der Waals surface area (Å²) >= 11 is 0. The summed E-state index contributed by atoms with van der Waals surface area (Å²) in [5.74, 6) is -2.16. The number of hydrogen-bond acceptors (Lipinski definition) is 2. The molecule has 1 aromatic carbocycles. The van der Waals surface area contributed by atoms with Gasteiger partial charge in [-0.05, 0) is 23.8 Å². The van der Waals surface area contributed by atoms with Crippen LogP contribution in [0.1, 0.15) is 5.56 Å². The summed E-state index contributed by atoms with van der Waals surface area (Å²) in [5.41, 5.74) is 1.25. The molecular formula is C11H9F3N2O2. The number of carbonyl (C=O) groups excluding carboxylic acids is 2. The fraction of sp³-hybridized carbons (Fsp3) is 0.273. The maximum Gasteiger partial charge on any atom is 0.471 e. The highest BCUT2D eigenvalue weighted by molar-refractivity contribution is 6.01. The van der Waals surface area contributed by atoms with Crippen molar-refractivity contribution < 1.29 is 22.8 Å². The molecule has 0 fully saturated rings. The number of alkyl halides is 3. The molecule has 0 atom stereocenters. The van der Waals surface area contributed by atoms with Gasteiger partial charge in [0.2, 0.25) is 5.91 Å². The largest absolute Gasteiger partial charge is 0.471 e. The fourth-order valence-corrected chi connectivity index (χ4v) is 1.73. The highest BCUT2D eigenvalue weighted by Crippen LogP contribution is 2.29. The van der Waals surface area contributed by atoms with Gasteiger partial charge in [0.1, 0.15) is 0 Å². The van der Waals surface area contributed by atoms with Crippen LogP contribution in [0.2, 0.25) is 0 Å². The number of amides is 2. The molecule has 1 aliphatic rings. The third-order valence-electron chi connectivity index (χ3n) is 2.65. The van der Waals surface area contributed by atoms with Gasteiger partial charge in [0, 0.05) is 18.4 Å². The van der Waals surface area contributed by atoms with Crippen LogP contribution in [0.5, 0.6) is 0 Å². The van der Waals surface area contributed by atoms with E-state index in [-0.39, 0.29) is 18.0 Å². The molecule has 1 aromatic rings. The number of nitrogens with zero attached hydrogens (tertiary/aromatic N) is 1. The normalized spacial score (nSPS) is 14.1. The van der Waals surface area contributed by atoms with Gasteiger partial charge in [0.05, 0.1) is 6.42 Å². The molecule has 2 amide bonds. The minimum absolute atomic E-state index is 0.104. The minimum atomic E-state index is -4.91. The molecule has 0 saturated heterocycles. The van der Waals surface area contributed by atoms with Gasteiger partial charge in [0.25, 0.3) is 0 Å². The number of halogens is 3. The topological polar surface area (TPSA) is 49.4 Å². The number of nitrogens with one attached hydrogen (secondary N) is 1. The predicted molar refractivity (Wildman–Crippen MR) is 58.2 cm³/mol. The van der Waals surface area contributed by atoms with Crippen molar-refractivity contribution >= 4 is 23.2 Å². The first kappa shape index (κ1) is 12.4. The lowest BCUT2D eigenvalue weighted by Crippen LogP contribution is -2.38. The van der Waals surface area contributed by atoms with Crippen LogP contribution in [0, 0.1) is 0 Å². The van der Waals surface area contributed by atoms with Gasteiger partial charge in [-0.15, -0.1) is 0 Å². The van der Waals surface area contributed by atoms with Gasteiger partial charge >= 0.3 is 12.1 Å². The second-order valence-corrected chi connectivity index (χ2v) is 3.93. The Balaban J connectivity index is 2.28. The molecule has 0 aromatic heterocycles. The van der Waals surface area contributed by atoms with E-state index in [9.17, 15) is 22.8 Å². The average Bonchev–Trinajstić information content (AvgIpc) is 2.64. The Labute approximate surface area is 100 Å². The van der Waals surface area contributed by atoms with Gasteiger partial charge in [-0.1, -0.05) is 0 Å². The molecule has 0 unspecified atom stereocenters. The van der Waals surface area contributed by atoms with E-state index >= 15 is 0 Å². The maximum atomic E-state index is 12.3. The Morgan fingerprint density at radius 2 is 2.06 bits per heavy atom. The smallest absolute Gasteiger partial charge is 0.326 e. The third kappa shape index (κ3) is 2.15. The van der Waals surface area contributed by atoms with E-state index in [1.165, 1.54) is 18.2 Å². The molecule has 0 bridgehead atoms. The van der Waals surface area contributed by atoms with Gasteiger partial charge in [-0.3, -0.25) is 9.59 Å². The molecule has 18 heavy (non-hydrogen) atoms. The van der Waals surface area contributed by atoms with Gasteiger partial charge in [-0.25, -0.2) is 0 Å². The van der Waals surface area contributed by atoms with Crippen molar-refractivity contribution in [3.63, 3.8) is 0 Å². The SMILES string of the molecule is CN(C(=O)C(F)(F)F)c1ccc2c(c1)CC(=O)N2. The first-order valence-corrected chi connectivity index (χ1v) is 5.06. The molecule has 4 nitrogen and oxygen atoms in total. The number of anilines is 2. The Bertz CT molecular complexity index is 526. The summed E-state index contributed by atoms with van der Waals surface area (Å²) in [6.45, 7) is 0. The molecule has 1 N–H and O–H groups in total. The van der Waals surface area contributed by atoms with Crippen LogP contribution in [0.25, 0.3) is 0 Å². The maximum absolute atomic E-state index is 12.3. The van der Waals surface area contributed by atoms with Crippen LogP contribution in [-0.4, -0.2) is 25.0 Å². The van der Waals surface area contributed by atoms with Gasteiger partial charge in [0.15, 0.2) is 0 Å². The lowest BCUT2D eigenvalue weighted by atomic mass is 10.1. The van der Waals surface area contributed by atoms with Crippen molar-refractivity contribution in [3.05, 3.63) is 23.8 Å². The van der Waals surface area contributed by atoms with E-state index in [1.807, 2.05) is 0 Å². The predicted octanol–water partition coefficient (Wildman–Crippen LogP) is 1.71. The molecule has 1 aliphatic heterocycles. The van der Waals surface area contributed by atoms with Crippen molar-refractivity contribution in [2.24, 2.45) is 0 Å². The second-order valence-electron chi connectivity index (χ2n) is 3.93. The zero-order valence-corrected chi connectivity index (χ0v) is 9.34. The molecule has 7 heteroatoms. The summed E-state index contributed by atoms with van der Waals surface area (Å²) in [7, 11) is 1.04. The molecular weight excluding hydrogens is 249 g/mol. The molecule has 2 rings (SSSR count). The van der Waals surface area contributed by atoms with Gasteiger partial charge < -0.3 is 10.2 Å². The van der Waals surface area contributed by atoms with E-state index in [0.717, 1.165) is 7.05 Å². The Kier molecular flexibility index (Phi) is 2.76. The number of benzene rings is 1. The van der Waals surface area contributed by atoms with Crippen LogP contribution in [-0.2, 0) is 16.0 Å². The van der Waals surface area contributed by atoms with Crippen molar-refractivity contribution in [2.45, 2.75) is 12.6 Å². The zero-order chi connectivity index (χ0) is 13.5. The Morgan fingerprint density at radius 3 is 2.67 bits per heavy atom. The van der Waals surface area contributed by atoms with E-state index in [2.05, 4.69) is 5.32 Å². The third-order valence-corrected chi connectivity index (χ3v) is 2.65. The summed E-state index contributed by atoms with van der Waals surface area (Å²) in [6, 6.07) is 4.24. The Morgan fingerprint density at radius 1 is 1.39 bits per heavy atom. The molecule has 0 radical (unpaired) electrons. The number of carbonyl (C=O) groups is 2. The molecule has 0 aliphatic carbocycles. The van der Waals surface area contributed by atoms with Crippen LogP contribution >= 0.6 is 0 Å². The highest BCUT2D eigenvalue weighted by Gasteiger charge is 2.41. The lowest BCUT2D eigenvalue weighted by Gasteiger charge is -2.19. The van der Waals surface area contributed by atoms with Crippen LogP contribution in [0.3, 0.4) is 0 Å². The Hall–Kier alpha value is -2.05. The summed E-state index contributed by atoms with van der Waals surface area (Å²) in [5, 5.41) is 2.56. The van der Waals surface area contributed by atoms with Crippen molar-refractivity contribution in [1.82, 2.24) is 0 Å². The minimum Gasteiger partial charge on any atom is -0.326 e. The van der Waals surface area contributed by atoms with Crippen LogP contribution in [0.15, 0.2) is 18.2 Å². The molecule has 0 saturated carbocycles. The number of fused-ring (bicyclic) bond motifs is 1. The van der Waals surface area contributed by atoms with Crippen LogP contribution < -0.4 is 10.2 Å². The molecule has 1 heterocycles. The van der Waals surface area contributed by atoms with E-state index in [4.69, 9.17) is 0 Å². The molecule has 96 valence electrons. The van der Waals surface area contributed by atoms with Crippen molar-refractivity contribution in [1.29, 1.82) is 0 Å². The van der Waals surface area contributed by atoms with Crippen LogP contribution in [0.4, 0.5) is 24.5 Å². The first-order valence-electron chi connectivity index (χ1n) is 5.06. The monoisotopic (exact) mass is 258 g/mol. The fourth-order valence-electron chi connectivity index (χ4n) is 1.73. The van der Waals surface area contributed by atoms with Gasteiger partial charge in [-0.2, -0.15) is 13.2 Å². The van der Waals surface area contributed by atoms with E-state index in [1.54, 1.807) is 0 Å².